The lowest BCUT2D eigenvalue weighted by Gasteiger charge is -2.14. The van der Waals surface area contributed by atoms with Gasteiger partial charge in [0.05, 0.1) is 11.4 Å². The molecule has 0 aliphatic carbocycles. The molecule has 28 heavy (non-hydrogen) atoms. The van der Waals surface area contributed by atoms with Gasteiger partial charge in [-0.15, -0.1) is 0 Å². The van der Waals surface area contributed by atoms with Gasteiger partial charge in [-0.05, 0) is 16.8 Å². The van der Waals surface area contributed by atoms with Gasteiger partial charge in [-0.2, -0.15) is 0 Å². The fourth-order valence-corrected chi connectivity index (χ4v) is 3.83. The van der Waals surface area contributed by atoms with Crippen molar-refractivity contribution in [3.8, 4) is 22.5 Å². The Kier molecular flexibility index (Phi) is 3.66. The third-order valence-electron chi connectivity index (χ3n) is 5.32. The number of aromatic nitrogens is 3. The van der Waals surface area contributed by atoms with Crippen LogP contribution in [0.5, 0.6) is 0 Å². The second-order valence-corrected chi connectivity index (χ2v) is 8.33. The number of nitrogens with zero attached hydrogens (tertiary/aromatic N) is 1. The second-order valence-electron chi connectivity index (χ2n) is 8.33. The van der Waals surface area contributed by atoms with Gasteiger partial charge in [0.25, 0.3) is 0 Å². The van der Waals surface area contributed by atoms with E-state index in [0.29, 0.717) is 0 Å². The van der Waals surface area contributed by atoms with E-state index in [9.17, 15) is 0 Å². The maximum atomic E-state index is 5.08. The minimum Gasteiger partial charge on any atom is -0.360 e. The number of benzene rings is 3. The molecule has 0 bridgehead atoms. The first-order valence-corrected chi connectivity index (χ1v) is 9.67. The minimum atomic E-state index is -0.0658. The van der Waals surface area contributed by atoms with Crippen LogP contribution in [-0.2, 0) is 5.41 Å². The molecule has 0 aliphatic heterocycles. The Labute approximate surface area is 164 Å². The van der Waals surface area contributed by atoms with Crippen LogP contribution in [0, 0.1) is 0 Å². The molecule has 2 aromatic heterocycles. The van der Waals surface area contributed by atoms with Crippen LogP contribution < -0.4 is 0 Å². The molecule has 3 aromatic carbocycles. The number of aromatic amines is 2. The summed E-state index contributed by atoms with van der Waals surface area (Å²) in [5.41, 5.74) is 5.45. The number of rotatable bonds is 2. The summed E-state index contributed by atoms with van der Waals surface area (Å²) in [6, 6.07) is 23.4. The lowest BCUT2D eigenvalue weighted by Crippen LogP contribution is -2.13. The van der Waals surface area contributed by atoms with Crippen molar-refractivity contribution in [3.05, 3.63) is 78.8 Å². The van der Waals surface area contributed by atoms with Gasteiger partial charge >= 0.3 is 0 Å². The van der Waals surface area contributed by atoms with Gasteiger partial charge in [-0.25, -0.2) is 4.98 Å². The van der Waals surface area contributed by atoms with Crippen LogP contribution in [0.3, 0.4) is 0 Å². The van der Waals surface area contributed by atoms with Gasteiger partial charge in [0, 0.05) is 33.6 Å². The number of hydrogen-bond donors (Lipinski definition) is 2. The first kappa shape index (κ1) is 16.8. The maximum absolute atomic E-state index is 5.08. The van der Waals surface area contributed by atoms with Gasteiger partial charge in [0.1, 0.15) is 5.82 Å². The Hall–Kier alpha value is -3.33. The van der Waals surface area contributed by atoms with Crippen LogP contribution in [0.15, 0.2) is 72.9 Å². The molecular weight excluding hydrogens is 342 g/mol. The minimum absolute atomic E-state index is 0.0658. The van der Waals surface area contributed by atoms with Crippen molar-refractivity contribution in [2.75, 3.05) is 0 Å². The predicted octanol–water partition coefficient (Wildman–Crippen LogP) is 6.68. The Bertz CT molecular complexity index is 1290. The topological polar surface area (TPSA) is 44.5 Å². The SMILES string of the molecule is CC(C)(C)c1nc(-c2c[nH]c3ccccc23)c(-c2cccc3ccccc23)[nH]1. The summed E-state index contributed by atoms with van der Waals surface area (Å²) in [7, 11) is 0. The summed E-state index contributed by atoms with van der Waals surface area (Å²) in [4.78, 5) is 12.1. The smallest absolute Gasteiger partial charge is 0.112 e. The Morgan fingerprint density at radius 3 is 2.29 bits per heavy atom. The fourth-order valence-electron chi connectivity index (χ4n) is 3.83. The highest BCUT2D eigenvalue weighted by Gasteiger charge is 2.24. The number of nitrogens with one attached hydrogen (secondary N) is 2. The molecule has 0 atom stereocenters. The average Bonchev–Trinajstić information content (AvgIpc) is 3.31. The molecule has 2 heterocycles. The van der Waals surface area contributed by atoms with E-state index in [-0.39, 0.29) is 5.41 Å². The van der Waals surface area contributed by atoms with Crippen molar-refractivity contribution in [1.82, 2.24) is 15.0 Å². The van der Waals surface area contributed by atoms with Gasteiger partial charge in [-0.3, -0.25) is 0 Å². The average molecular weight is 365 g/mol. The molecule has 5 rings (SSSR count). The van der Waals surface area contributed by atoms with Gasteiger partial charge < -0.3 is 9.97 Å². The molecule has 0 aliphatic rings. The molecule has 0 saturated carbocycles. The Balaban J connectivity index is 1.84. The zero-order valence-electron chi connectivity index (χ0n) is 16.4. The molecule has 0 radical (unpaired) electrons. The van der Waals surface area contributed by atoms with E-state index in [1.807, 2.05) is 0 Å². The largest absolute Gasteiger partial charge is 0.360 e. The number of hydrogen-bond acceptors (Lipinski definition) is 1. The zero-order valence-corrected chi connectivity index (χ0v) is 16.4. The highest BCUT2D eigenvalue weighted by atomic mass is 15.0. The van der Waals surface area contributed by atoms with E-state index in [1.54, 1.807) is 0 Å². The number of H-pyrrole nitrogens is 2. The summed E-state index contributed by atoms with van der Waals surface area (Å²) < 4.78 is 0. The van der Waals surface area contributed by atoms with Crippen molar-refractivity contribution in [1.29, 1.82) is 0 Å². The summed E-state index contributed by atoms with van der Waals surface area (Å²) in [6.45, 7) is 6.58. The lowest BCUT2D eigenvalue weighted by molar-refractivity contribution is 0.553. The number of imidazole rings is 1. The quantitative estimate of drug-likeness (QED) is 0.360. The summed E-state index contributed by atoms with van der Waals surface area (Å²) in [5, 5.41) is 3.66. The van der Waals surface area contributed by atoms with Gasteiger partial charge in [0.15, 0.2) is 0 Å². The van der Waals surface area contributed by atoms with E-state index >= 15 is 0 Å². The van der Waals surface area contributed by atoms with Crippen LogP contribution in [0.4, 0.5) is 0 Å². The summed E-state index contributed by atoms with van der Waals surface area (Å²) in [5.74, 6) is 0.996. The normalized spacial score (nSPS) is 12.1. The van der Waals surface area contributed by atoms with Crippen molar-refractivity contribution in [2.24, 2.45) is 0 Å². The molecule has 5 aromatic rings. The molecule has 2 N–H and O–H groups in total. The van der Waals surface area contributed by atoms with E-state index < -0.39 is 0 Å². The molecule has 0 amide bonds. The van der Waals surface area contributed by atoms with Crippen LogP contribution >= 0.6 is 0 Å². The van der Waals surface area contributed by atoms with Crippen molar-refractivity contribution in [3.63, 3.8) is 0 Å². The Morgan fingerprint density at radius 1 is 0.750 bits per heavy atom. The predicted molar refractivity (Wildman–Crippen MR) is 118 cm³/mol. The fraction of sp³-hybridized carbons (Fsp3) is 0.160. The monoisotopic (exact) mass is 365 g/mol. The van der Waals surface area contributed by atoms with Crippen molar-refractivity contribution in [2.45, 2.75) is 26.2 Å². The van der Waals surface area contributed by atoms with E-state index in [0.717, 1.165) is 28.3 Å². The van der Waals surface area contributed by atoms with Crippen molar-refractivity contribution >= 4 is 21.7 Å². The molecule has 138 valence electrons. The molecule has 0 fully saturated rings. The van der Waals surface area contributed by atoms with E-state index in [2.05, 4.69) is 104 Å². The summed E-state index contributed by atoms with van der Waals surface area (Å²) in [6.07, 6.45) is 2.07. The van der Waals surface area contributed by atoms with Crippen molar-refractivity contribution < 1.29 is 0 Å². The Morgan fingerprint density at radius 2 is 1.46 bits per heavy atom. The van der Waals surface area contributed by atoms with Crippen LogP contribution in [-0.4, -0.2) is 15.0 Å². The molecule has 0 spiro atoms. The number of fused-ring (bicyclic) bond motifs is 2. The molecular formula is C25H23N3. The molecule has 3 heteroatoms. The van der Waals surface area contributed by atoms with E-state index in [4.69, 9.17) is 4.98 Å². The maximum Gasteiger partial charge on any atom is 0.112 e. The highest BCUT2D eigenvalue weighted by Crippen LogP contribution is 2.39. The summed E-state index contributed by atoms with van der Waals surface area (Å²) >= 11 is 0. The molecule has 0 unspecified atom stereocenters. The first-order valence-electron chi connectivity index (χ1n) is 9.67. The van der Waals surface area contributed by atoms with E-state index in [1.165, 1.54) is 21.7 Å². The molecule has 3 nitrogen and oxygen atoms in total. The van der Waals surface area contributed by atoms with Gasteiger partial charge in [0.2, 0.25) is 0 Å². The van der Waals surface area contributed by atoms with Gasteiger partial charge in [-0.1, -0.05) is 81.4 Å². The number of para-hydroxylation sites is 1. The van der Waals surface area contributed by atoms with Crippen LogP contribution in [0.2, 0.25) is 0 Å². The van der Waals surface area contributed by atoms with Crippen LogP contribution in [0.25, 0.3) is 44.2 Å². The highest BCUT2D eigenvalue weighted by molar-refractivity contribution is 6.02. The lowest BCUT2D eigenvalue weighted by atomic mass is 9.96. The third kappa shape index (κ3) is 2.63. The van der Waals surface area contributed by atoms with Crippen LogP contribution in [0.1, 0.15) is 26.6 Å². The first-order chi connectivity index (χ1) is 13.5. The third-order valence-corrected chi connectivity index (χ3v) is 5.32. The standard InChI is InChI=1S/C25H23N3/c1-25(2,3)24-27-22(19-13-8-10-16-9-4-5-11-17(16)19)23(28-24)20-15-26-21-14-7-6-12-18(20)21/h4-15,26H,1-3H3,(H,27,28). The second kappa shape index (κ2) is 6.10. The zero-order chi connectivity index (χ0) is 19.3. The molecule has 0 saturated heterocycles.